The number of aliphatic carboxylic acids is 1. The second kappa shape index (κ2) is 7.08. The third-order valence-corrected chi connectivity index (χ3v) is 5.09. The van der Waals surface area contributed by atoms with E-state index in [2.05, 4.69) is 21.2 Å². The summed E-state index contributed by atoms with van der Waals surface area (Å²) in [6.07, 6.45) is 1.90. The molecular weight excluding hydrogens is 344 g/mol. The van der Waals surface area contributed by atoms with E-state index in [-0.39, 0.29) is 11.9 Å². The fourth-order valence-corrected chi connectivity index (χ4v) is 3.70. The summed E-state index contributed by atoms with van der Waals surface area (Å²) in [5.41, 5.74) is 0. The third kappa shape index (κ3) is 4.21. The monoisotopic (exact) mass is 360 g/mol. The van der Waals surface area contributed by atoms with E-state index < -0.39 is 5.97 Å². The van der Waals surface area contributed by atoms with Gasteiger partial charge in [0.15, 0.2) is 0 Å². The average molecular weight is 361 g/mol. The Kier molecular flexibility index (Phi) is 5.42. The molecule has 2 rings (SSSR count). The topological polar surface area (TPSA) is 69.6 Å². The minimum absolute atomic E-state index is 0.0931. The summed E-state index contributed by atoms with van der Waals surface area (Å²) < 4.78 is 1.09. The van der Waals surface area contributed by atoms with Gasteiger partial charge in [0.25, 0.3) is 0 Å². The number of piperidine rings is 1. The van der Waals surface area contributed by atoms with Crippen molar-refractivity contribution in [2.45, 2.75) is 19.3 Å². The van der Waals surface area contributed by atoms with E-state index in [1.807, 2.05) is 12.1 Å². The minimum atomic E-state index is -0.756. The minimum Gasteiger partial charge on any atom is -0.481 e. The Bertz CT molecular complexity index is 484. The van der Waals surface area contributed by atoms with Crippen molar-refractivity contribution in [2.75, 3.05) is 19.6 Å². The van der Waals surface area contributed by atoms with E-state index in [9.17, 15) is 9.59 Å². The fraction of sp³-hybridized carbons (Fsp3) is 0.538. The maximum Gasteiger partial charge on any atom is 0.317 e. The summed E-state index contributed by atoms with van der Waals surface area (Å²) >= 11 is 5.07. The van der Waals surface area contributed by atoms with Crippen LogP contribution in [0.5, 0.6) is 0 Å². The normalized spacial score (nSPS) is 16.1. The predicted octanol–water partition coefficient (Wildman–Crippen LogP) is 2.56. The lowest BCUT2D eigenvalue weighted by Gasteiger charge is -2.30. The number of thiophene rings is 1. The van der Waals surface area contributed by atoms with Gasteiger partial charge in [-0.15, -0.1) is 11.3 Å². The molecular formula is C13H17BrN2O3S. The van der Waals surface area contributed by atoms with Crippen LogP contribution in [-0.4, -0.2) is 41.6 Å². The van der Waals surface area contributed by atoms with Crippen LogP contribution in [0.25, 0.3) is 0 Å². The Hall–Kier alpha value is -1.08. The summed E-state index contributed by atoms with van der Waals surface area (Å²) in [5, 5.41) is 11.8. The van der Waals surface area contributed by atoms with Crippen molar-refractivity contribution in [1.82, 2.24) is 10.2 Å². The van der Waals surface area contributed by atoms with E-state index in [0.29, 0.717) is 32.5 Å². The van der Waals surface area contributed by atoms with Crippen LogP contribution in [-0.2, 0) is 11.2 Å². The molecule has 0 aliphatic carbocycles. The number of halogens is 1. The van der Waals surface area contributed by atoms with Gasteiger partial charge in [-0.25, -0.2) is 4.79 Å². The van der Waals surface area contributed by atoms with Crippen molar-refractivity contribution in [3.05, 3.63) is 20.8 Å². The molecule has 7 heteroatoms. The fourth-order valence-electron chi connectivity index (χ4n) is 2.22. The van der Waals surface area contributed by atoms with E-state index in [1.54, 1.807) is 16.2 Å². The third-order valence-electron chi connectivity index (χ3n) is 3.41. The molecule has 2 amide bonds. The zero-order valence-electron chi connectivity index (χ0n) is 11.0. The molecule has 0 saturated carbocycles. The van der Waals surface area contributed by atoms with Crippen LogP contribution in [0, 0.1) is 5.92 Å². The Morgan fingerprint density at radius 1 is 1.40 bits per heavy atom. The number of likely N-dealkylation sites (tertiary alicyclic amines) is 1. The zero-order chi connectivity index (χ0) is 14.5. The van der Waals surface area contributed by atoms with Crippen molar-refractivity contribution in [2.24, 2.45) is 5.92 Å². The molecule has 0 bridgehead atoms. The quantitative estimate of drug-likeness (QED) is 0.866. The van der Waals surface area contributed by atoms with Gasteiger partial charge in [-0.3, -0.25) is 4.79 Å². The van der Waals surface area contributed by atoms with E-state index in [1.165, 1.54) is 4.88 Å². The molecule has 1 fully saturated rings. The molecule has 1 saturated heterocycles. The van der Waals surface area contributed by atoms with Gasteiger partial charge < -0.3 is 15.3 Å². The molecule has 1 aromatic heterocycles. The smallest absolute Gasteiger partial charge is 0.317 e. The molecule has 0 unspecified atom stereocenters. The maximum atomic E-state index is 11.9. The van der Waals surface area contributed by atoms with Crippen molar-refractivity contribution in [1.29, 1.82) is 0 Å². The van der Waals surface area contributed by atoms with Gasteiger partial charge >= 0.3 is 12.0 Å². The first-order chi connectivity index (χ1) is 9.56. The molecule has 110 valence electrons. The summed E-state index contributed by atoms with van der Waals surface area (Å²) in [4.78, 5) is 25.7. The molecule has 0 radical (unpaired) electrons. The molecule has 0 atom stereocenters. The van der Waals surface area contributed by atoms with Crippen LogP contribution in [0.15, 0.2) is 15.9 Å². The maximum absolute atomic E-state index is 11.9. The first-order valence-electron chi connectivity index (χ1n) is 6.56. The summed E-state index contributed by atoms with van der Waals surface area (Å²) in [5.74, 6) is -1.06. The molecule has 5 nitrogen and oxygen atoms in total. The molecule has 1 aliphatic heterocycles. The number of carbonyl (C=O) groups excluding carboxylic acids is 1. The second-order valence-electron chi connectivity index (χ2n) is 4.79. The highest BCUT2D eigenvalue weighted by atomic mass is 79.9. The molecule has 0 aromatic carbocycles. The average Bonchev–Trinajstić information content (AvgIpc) is 2.84. The van der Waals surface area contributed by atoms with Gasteiger partial charge in [-0.2, -0.15) is 0 Å². The van der Waals surface area contributed by atoms with E-state index in [0.717, 1.165) is 10.2 Å². The van der Waals surface area contributed by atoms with Gasteiger partial charge in [0, 0.05) is 24.5 Å². The Balaban J connectivity index is 1.69. The van der Waals surface area contributed by atoms with Gasteiger partial charge in [-0.1, -0.05) is 0 Å². The molecule has 1 aromatic rings. The van der Waals surface area contributed by atoms with Crippen LogP contribution in [0.2, 0.25) is 0 Å². The predicted molar refractivity (Wildman–Crippen MR) is 81.1 cm³/mol. The van der Waals surface area contributed by atoms with Crippen molar-refractivity contribution in [3.8, 4) is 0 Å². The number of carboxylic acid groups (broad SMARTS) is 1. The van der Waals surface area contributed by atoms with Gasteiger partial charge in [0.1, 0.15) is 0 Å². The lowest BCUT2D eigenvalue weighted by atomic mass is 9.97. The number of hydrogen-bond donors (Lipinski definition) is 2. The van der Waals surface area contributed by atoms with Crippen LogP contribution in [0.4, 0.5) is 4.79 Å². The van der Waals surface area contributed by atoms with Crippen LogP contribution >= 0.6 is 27.3 Å². The molecule has 2 N–H and O–H groups in total. The lowest BCUT2D eigenvalue weighted by Crippen LogP contribution is -2.45. The number of nitrogens with zero attached hydrogens (tertiary/aromatic N) is 1. The number of rotatable bonds is 4. The number of carboxylic acids is 1. The van der Waals surface area contributed by atoms with Gasteiger partial charge in [-0.05, 0) is 47.3 Å². The number of amides is 2. The standard InChI is InChI=1S/C13H17BrN2O3S/c14-11-2-1-10(20-11)3-6-15-13(19)16-7-4-9(5-8-16)12(17)18/h1-2,9H,3-8H2,(H,15,19)(H,17,18). The summed E-state index contributed by atoms with van der Waals surface area (Å²) in [6.45, 7) is 1.64. The number of hydrogen-bond acceptors (Lipinski definition) is 3. The first-order valence-corrected chi connectivity index (χ1v) is 8.17. The Morgan fingerprint density at radius 2 is 2.10 bits per heavy atom. The lowest BCUT2D eigenvalue weighted by molar-refractivity contribution is -0.143. The van der Waals surface area contributed by atoms with Crippen molar-refractivity contribution >= 4 is 39.3 Å². The second-order valence-corrected chi connectivity index (χ2v) is 7.33. The van der Waals surface area contributed by atoms with E-state index >= 15 is 0 Å². The molecule has 0 spiro atoms. The Labute approximate surface area is 130 Å². The number of urea groups is 1. The first kappa shape index (κ1) is 15.3. The highest BCUT2D eigenvalue weighted by Crippen LogP contribution is 2.22. The Morgan fingerprint density at radius 3 is 2.65 bits per heavy atom. The zero-order valence-corrected chi connectivity index (χ0v) is 13.4. The van der Waals surface area contributed by atoms with Crippen molar-refractivity contribution in [3.63, 3.8) is 0 Å². The highest BCUT2D eigenvalue weighted by Gasteiger charge is 2.26. The van der Waals surface area contributed by atoms with Crippen LogP contribution in [0.3, 0.4) is 0 Å². The van der Waals surface area contributed by atoms with Crippen LogP contribution in [0.1, 0.15) is 17.7 Å². The highest BCUT2D eigenvalue weighted by molar-refractivity contribution is 9.11. The largest absolute Gasteiger partial charge is 0.481 e. The number of nitrogens with one attached hydrogen (secondary N) is 1. The SMILES string of the molecule is O=C(O)C1CCN(C(=O)NCCc2ccc(Br)s2)CC1. The molecule has 2 heterocycles. The molecule has 20 heavy (non-hydrogen) atoms. The van der Waals surface area contributed by atoms with Gasteiger partial charge in [0.05, 0.1) is 9.70 Å². The van der Waals surface area contributed by atoms with Gasteiger partial charge in [0.2, 0.25) is 0 Å². The summed E-state index contributed by atoms with van der Waals surface area (Å²) in [7, 11) is 0. The summed E-state index contributed by atoms with van der Waals surface area (Å²) in [6, 6.07) is 3.95. The van der Waals surface area contributed by atoms with E-state index in [4.69, 9.17) is 5.11 Å². The number of carbonyl (C=O) groups is 2. The van der Waals surface area contributed by atoms with Crippen LogP contribution < -0.4 is 5.32 Å². The van der Waals surface area contributed by atoms with Crippen molar-refractivity contribution < 1.29 is 14.7 Å². The molecule has 1 aliphatic rings.